The van der Waals surface area contributed by atoms with Crippen LogP contribution in [0.2, 0.25) is 0 Å². The Morgan fingerprint density at radius 1 is 1.00 bits per heavy atom. The second-order valence-corrected chi connectivity index (χ2v) is 5.40. The van der Waals surface area contributed by atoms with Crippen molar-refractivity contribution in [3.8, 4) is 0 Å². The molecule has 0 radical (unpaired) electrons. The Hall–Kier alpha value is -1.68. The van der Waals surface area contributed by atoms with Gasteiger partial charge < -0.3 is 16.2 Å². The molecular formula is C18H24N2O. The Morgan fingerprint density at radius 3 is 2.14 bits per heavy atom. The van der Waals surface area contributed by atoms with Crippen LogP contribution in [0, 0.1) is 0 Å². The molecule has 0 spiro atoms. The van der Waals surface area contributed by atoms with Gasteiger partial charge in [0.25, 0.3) is 0 Å². The molecule has 0 aliphatic rings. The number of nitrogens with two attached hydrogens (primary N) is 1. The first-order chi connectivity index (χ1) is 10.2. The molecule has 0 saturated carbocycles. The van der Waals surface area contributed by atoms with Crippen molar-refractivity contribution in [1.82, 2.24) is 5.32 Å². The van der Waals surface area contributed by atoms with Gasteiger partial charge in [0.2, 0.25) is 0 Å². The molecule has 3 heteroatoms. The minimum Gasteiger partial charge on any atom is -0.392 e. The summed E-state index contributed by atoms with van der Waals surface area (Å²) in [5.41, 5.74) is 8.56. The second-order valence-electron chi connectivity index (χ2n) is 5.40. The van der Waals surface area contributed by atoms with E-state index in [4.69, 9.17) is 5.73 Å². The maximum absolute atomic E-state index is 9.80. The van der Waals surface area contributed by atoms with E-state index in [2.05, 4.69) is 17.4 Å². The number of aliphatic hydroxyl groups is 1. The number of hydrogen-bond donors (Lipinski definition) is 3. The topological polar surface area (TPSA) is 58.3 Å². The third-order valence-electron chi connectivity index (χ3n) is 3.72. The van der Waals surface area contributed by atoms with Crippen LogP contribution < -0.4 is 11.1 Å². The first kappa shape index (κ1) is 15.7. The summed E-state index contributed by atoms with van der Waals surface area (Å²) in [6.45, 7) is 2.56. The van der Waals surface area contributed by atoms with Gasteiger partial charge in [0.05, 0.1) is 6.10 Å². The number of aliphatic hydroxyl groups excluding tert-OH is 1. The van der Waals surface area contributed by atoms with Crippen molar-refractivity contribution in [3.05, 3.63) is 71.8 Å². The molecule has 0 aliphatic carbocycles. The Kier molecular flexibility index (Phi) is 5.93. The van der Waals surface area contributed by atoms with Crippen LogP contribution in [-0.4, -0.2) is 23.8 Å². The van der Waals surface area contributed by atoms with E-state index in [1.54, 1.807) is 6.92 Å². The molecule has 21 heavy (non-hydrogen) atoms. The lowest BCUT2D eigenvalue weighted by Gasteiger charge is -2.27. The van der Waals surface area contributed by atoms with Crippen molar-refractivity contribution in [3.63, 3.8) is 0 Å². The summed E-state index contributed by atoms with van der Waals surface area (Å²) in [7, 11) is 0. The van der Waals surface area contributed by atoms with Crippen LogP contribution in [0.5, 0.6) is 0 Å². The van der Waals surface area contributed by atoms with Gasteiger partial charge in [-0.05, 0) is 31.0 Å². The minimum absolute atomic E-state index is 0.0464. The third kappa shape index (κ3) is 4.67. The Balaban J connectivity index is 2.00. The fraction of sp³-hybridized carbons (Fsp3) is 0.333. The zero-order valence-electron chi connectivity index (χ0n) is 12.4. The summed E-state index contributed by atoms with van der Waals surface area (Å²) in [6, 6.07) is 20.0. The van der Waals surface area contributed by atoms with Crippen molar-refractivity contribution in [2.75, 3.05) is 6.54 Å². The molecule has 3 nitrogen and oxygen atoms in total. The first-order valence-corrected chi connectivity index (χ1v) is 7.44. The highest BCUT2D eigenvalue weighted by molar-refractivity contribution is 5.21. The van der Waals surface area contributed by atoms with Gasteiger partial charge in [0.15, 0.2) is 0 Å². The maximum atomic E-state index is 9.80. The number of hydrogen-bond acceptors (Lipinski definition) is 3. The van der Waals surface area contributed by atoms with Crippen LogP contribution in [0.25, 0.3) is 0 Å². The zero-order valence-corrected chi connectivity index (χ0v) is 12.4. The average molecular weight is 284 g/mol. The molecule has 0 saturated heterocycles. The van der Waals surface area contributed by atoms with Crippen LogP contribution in [-0.2, 0) is 6.42 Å². The zero-order chi connectivity index (χ0) is 15.1. The van der Waals surface area contributed by atoms with E-state index >= 15 is 0 Å². The van der Waals surface area contributed by atoms with E-state index in [9.17, 15) is 5.11 Å². The molecule has 112 valence electrons. The van der Waals surface area contributed by atoms with Crippen LogP contribution >= 0.6 is 0 Å². The standard InChI is InChI=1S/C18H24N2O/c1-14(21)17(19)18(16-10-6-3-7-11-16)20-13-12-15-8-4-2-5-9-15/h2-11,14,17-18,20-21H,12-13,19H2,1H3. The summed E-state index contributed by atoms with van der Waals surface area (Å²) in [5.74, 6) is 0. The Bertz CT molecular complexity index is 513. The van der Waals surface area contributed by atoms with Crippen LogP contribution in [0.1, 0.15) is 24.1 Å². The summed E-state index contributed by atoms with van der Waals surface area (Å²) in [5, 5.41) is 13.3. The highest BCUT2D eigenvalue weighted by atomic mass is 16.3. The fourth-order valence-electron chi connectivity index (χ4n) is 2.43. The molecule has 0 fully saturated rings. The molecule has 0 aromatic heterocycles. The highest BCUT2D eigenvalue weighted by Gasteiger charge is 2.22. The molecule has 2 aromatic carbocycles. The maximum Gasteiger partial charge on any atom is 0.0681 e. The van der Waals surface area contributed by atoms with Crippen LogP contribution in [0.4, 0.5) is 0 Å². The van der Waals surface area contributed by atoms with Crippen molar-refractivity contribution in [1.29, 1.82) is 0 Å². The minimum atomic E-state index is -0.556. The number of rotatable bonds is 7. The Labute approximate surface area is 126 Å². The third-order valence-corrected chi connectivity index (χ3v) is 3.72. The molecule has 0 bridgehead atoms. The molecular weight excluding hydrogens is 260 g/mol. The van der Waals surface area contributed by atoms with Crippen molar-refractivity contribution in [2.24, 2.45) is 5.73 Å². The Morgan fingerprint density at radius 2 is 1.57 bits per heavy atom. The van der Waals surface area contributed by atoms with E-state index in [0.717, 1.165) is 18.5 Å². The molecule has 4 N–H and O–H groups in total. The van der Waals surface area contributed by atoms with E-state index in [0.29, 0.717) is 0 Å². The highest BCUT2D eigenvalue weighted by Crippen LogP contribution is 2.17. The summed E-state index contributed by atoms with van der Waals surface area (Å²) in [6.07, 6.45) is 0.385. The smallest absolute Gasteiger partial charge is 0.0681 e. The average Bonchev–Trinajstić information content (AvgIpc) is 2.53. The molecule has 0 aliphatic heterocycles. The van der Waals surface area contributed by atoms with Gasteiger partial charge >= 0.3 is 0 Å². The van der Waals surface area contributed by atoms with Crippen LogP contribution in [0.3, 0.4) is 0 Å². The van der Waals surface area contributed by atoms with Gasteiger partial charge in [0.1, 0.15) is 0 Å². The molecule has 3 unspecified atom stereocenters. The van der Waals surface area contributed by atoms with Gasteiger partial charge in [-0.3, -0.25) is 0 Å². The lowest BCUT2D eigenvalue weighted by molar-refractivity contribution is 0.143. The first-order valence-electron chi connectivity index (χ1n) is 7.44. The van der Waals surface area contributed by atoms with Gasteiger partial charge in [-0.25, -0.2) is 0 Å². The molecule has 0 heterocycles. The monoisotopic (exact) mass is 284 g/mol. The summed E-state index contributed by atoms with van der Waals surface area (Å²) in [4.78, 5) is 0. The predicted octanol–water partition coefficient (Wildman–Crippen LogP) is 2.27. The summed E-state index contributed by atoms with van der Waals surface area (Å²) < 4.78 is 0. The van der Waals surface area contributed by atoms with Gasteiger partial charge in [-0.1, -0.05) is 60.7 Å². The van der Waals surface area contributed by atoms with E-state index < -0.39 is 6.10 Å². The predicted molar refractivity (Wildman–Crippen MR) is 87.0 cm³/mol. The largest absolute Gasteiger partial charge is 0.392 e. The van der Waals surface area contributed by atoms with E-state index in [-0.39, 0.29) is 12.1 Å². The van der Waals surface area contributed by atoms with E-state index in [1.807, 2.05) is 48.5 Å². The molecule has 3 atom stereocenters. The second kappa shape index (κ2) is 7.93. The fourth-order valence-corrected chi connectivity index (χ4v) is 2.43. The van der Waals surface area contributed by atoms with E-state index in [1.165, 1.54) is 5.56 Å². The lowest BCUT2D eigenvalue weighted by atomic mass is 9.96. The SMILES string of the molecule is CC(O)C(N)C(NCCc1ccccc1)c1ccccc1. The van der Waals surface area contributed by atoms with Crippen molar-refractivity contribution >= 4 is 0 Å². The lowest BCUT2D eigenvalue weighted by Crippen LogP contribution is -2.45. The van der Waals surface area contributed by atoms with Gasteiger partial charge in [0, 0.05) is 12.1 Å². The molecule has 2 rings (SSSR count). The van der Waals surface area contributed by atoms with Gasteiger partial charge in [-0.2, -0.15) is 0 Å². The van der Waals surface area contributed by atoms with Crippen molar-refractivity contribution < 1.29 is 5.11 Å². The van der Waals surface area contributed by atoms with Crippen molar-refractivity contribution in [2.45, 2.75) is 31.5 Å². The summed E-state index contributed by atoms with van der Waals surface area (Å²) >= 11 is 0. The number of nitrogens with one attached hydrogen (secondary N) is 1. The van der Waals surface area contributed by atoms with Crippen LogP contribution in [0.15, 0.2) is 60.7 Å². The number of benzene rings is 2. The van der Waals surface area contributed by atoms with Gasteiger partial charge in [-0.15, -0.1) is 0 Å². The normalized spacial score (nSPS) is 15.4. The quantitative estimate of drug-likeness (QED) is 0.731. The molecule has 2 aromatic rings. The molecule has 0 amide bonds.